The lowest BCUT2D eigenvalue weighted by molar-refractivity contribution is 0.340. The molecule has 17 heavy (non-hydrogen) atoms. The molecule has 2 rings (SSSR count). The second-order valence-electron chi connectivity index (χ2n) is 3.50. The summed E-state index contributed by atoms with van der Waals surface area (Å²) in [6.07, 6.45) is 3.43. The molecule has 0 saturated heterocycles. The fraction of sp³-hybridized carbons (Fsp3) is 0.231. The first-order valence-electron chi connectivity index (χ1n) is 5.56. The molecule has 0 atom stereocenters. The number of benzene rings is 1. The Morgan fingerprint density at radius 3 is 2.94 bits per heavy atom. The highest BCUT2D eigenvalue weighted by atomic mass is 16.5. The lowest BCUT2D eigenvalue weighted by atomic mass is 10.1. The molecule has 1 N–H and O–H groups in total. The van der Waals surface area contributed by atoms with Gasteiger partial charge in [0, 0.05) is 12.6 Å². The Morgan fingerprint density at radius 1 is 1.29 bits per heavy atom. The van der Waals surface area contributed by atoms with Crippen LogP contribution in [0.4, 0.5) is 5.82 Å². The van der Waals surface area contributed by atoms with Gasteiger partial charge in [0.05, 0.1) is 24.7 Å². The molecule has 1 aromatic heterocycles. The summed E-state index contributed by atoms with van der Waals surface area (Å²) in [6.45, 7) is 2.62. The molecular weight excluding hydrogens is 214 g/mol. The molecule has 0 radical (unpaired) electrons. The third kappa shape index (κ3) is 2.72. The summed E-state index contributed by atoms with van der Waals surface area (Å²) < 4.78 is 5.46. The van der Waals surface area contributed by atoms with Crippen molar-refractivity contribution in [2.24, 2.45) is 0 Å². The summed E-state index contributed by atoms with van der Waals surface area (Å²) in [5.41, 5.74) is 1.83. The van der Waals surface area contributed by atoms with E-state index in [0.29, 0.717) is 6.61 Å². The Hall–Kier alpha value is -2.10. The maximum Gasteiger partial charge on any atom is 0.144 e. The number of ether oxygens (including phenoxy) is 1. The minimum absolute atomic E-state index is 0.658. The molecule has 88 valence electrons. The Bertz CT molecular complexity index is 500. The van der Waals surface area contributed by atoms with Gasteiger partial charge in [0.15, 0.2) is 0 Å². The number of nitrogens with zero attached hydrogens (tertiary/aromatic N) is 2. The van der Waals surface area contributed by atoms with Crippen LogP contribution in [-0.4, -0.2) is 23.6 Å². The highest BCUT2D eigenvalue weighted by Gasteiger charge is 2.02. The lowest BCUT2D eigenvalue weighted by Crippen LogP contribution is -1.95. The van der Waals surface area contributed by atoms with Crippen molar-refractivity contribution in [1.29, 1.82) is 0 Å². The van der Waals surface area contributed by atoms with Crippen LogP contribution < -0.4 is 10.1 Å². The number of nitrogens with one attached hydrogen (secondary N) is 1. The topological polar surface area (TPSA) is 47.0 Å². The van der Waals surface area contributed by atoms with Gasteiger partial charge in [0.1, 0.15) is 11.6 Å². The molecule has 0 aliphatic carbocycles. The summed E-state index contributed by atoms with van der Waals surface area (Å²) in [4.78, 5) is 8.58. The normalized spacial score (nSPS) is 10.0. The number of hydrogen-bond donors (Lipinski definition) is 1. The van der Waals surface area contributed by atoms with Crippen LogP contribution in [0.1, 0.15) is 6.92 Å². The van der Waals surface area contributed by atoms with Gasteiger partial charge in [-0.3, -0.25) is 4.98 Å². The average Bonchev–Trinajstić information content (AvgIpc) is 2.40. The van der Waals surface area contributed by atoms with E-state index in [1.165, 1.54) is 0 Å². The van der Waals surface area contributed by atoms with Gasteiger partial charge in [-0.15, -0.1) is 0 Å². The second-order valence-corrected chi connectivity index (χ2v) is 3.50. The van der Waals surface area contributed by atoms with E-state index in [4.69, 9.17) is 4.74 Å². The quantitative estimate of drug-likeness (QED) is 0.875. The first kappa shape index (κ1) is 11.4. The van der Waals surface area contributed by atoms with E-state index in [-0.39, 0.29) is 0 Å². The Morgan fingerprint density at radius 2 is 2.18 bits per heavy atom. The van der Waals surface area contributed by atoms with Crippen molar-refractivity contribution >= 4 is 5.82 Å². The largest absolute Gasteiger partial charge is 0.494 e. The molecule has 1 heterocycles. The minimum atomic E-state index is 0.658. The third-order valence-corrected chi connectivity index (χ3v) is 2.33. The van der Waals surface area contributed by atoms with E-state index in [9.17, 15) is 0 Å². The van der Waals surface area contributed by atoms with Crippen LogP contribution in [0.3, 0.4) is 0 Å². The Kier molecular flexibility index (Phi) is 3.55. The molecule has 4 nitrogen and oxygen atoms in total. The van der Waals surface area contributed by atoms with E-state index in [0.717, 1.165) is 22.8 Å². The summed E-state index contributed by atoms with van der Waals surface area (Å²) >= 11 is 0. The summed E-state index contributed by atoms with van der Waals surface area (Å²) in [6, 6.07) is 7.84. The molecule has 4 heteroatoms. The summed E-state index contributed by atoms with van der Waals surface area (Å²) in [5, 5.41) is 2.97. The fourth-order valence-corrected chi connectivity index (χ4v) is 1.54. The highest BCUT2D eigenvalue weighted by molar-refractivity contribution is 5.61. The minimum Gasteiger partial charge on any atom is -0.494 e. The molecule has 2 aromatic rings. The average molecular weight is 229 g/mol. The van der Waals surface area contributed by atoms with E-state index < -0.39 is 0 Å². The van der Waals surface area contributed by atoms with Gasteiger partial charge in [-0.2, -0.15) is 0 Å². The van der Waals surface area contributed by atoms with Crippen molar-refractivity contribution in [1.82, 2.24) is 9.97 Å². The van der Waals surface area contributed by atoms with Gasteiger partial charge in [0.25, 0.3) is 0 Å². The van der Waals surface area contributed by atoms with Crippen molar-refractivity contribution in [3.8, 4) is 17.0 Å². The molecule has 1 aromatic carbocycles. The second kappa shape index (κ2) is 5.30. The first-order valence-corrected chi connectivity index (χ1v) is 5.56. The van der Waals surface area contributed by atoms with Crippen LogP contribution in [0.15, 0.2) is 36.7 Å². The lowest BCUT2D eigenvalue weighted by Gasteiger charge is -2.06. The van der Waals surface area contributed by atoms with Gasteiger partial charge < -0.3 is 10.1 Å². The van der Waals surface area contributed by atoms with Crippen LogP contribution >= 0.6 is 0 Å². The highest BCUT2D eigenvalue weighted by Crippen LogP contribution is 2.22. The number of aromatic nitrogens is 2. The van der Waals surface area contributed by atoms with Crippen molar-refractivity contribution in [3.63, 3.8) is 0 Å². The van der Waals surface area contributed by atoms with Gasteiger partial charge in [-0.1, -0.05) is 12.1 Å². The molecular formula is C13H15N3O. The predicted octanol–water partition coefficient (Wildman–Crippen LogP) is 2.58. The van der Waals surface area contributed by atoms with Crippen molar-refractivity contribution in [2.75, 3.05) is 19.0 Å². The number of anilines is 1. The maximum atomic E-state index is 5.46. The molecule has 0 amide bonds. The molecule has 0 unspecified atom stereocenters. The zero-order chi connectivity index (χ0) is 12.1. The van der Waals surface area contributed by atoms with Gasteiger partial charge in [-0.25, -0.2) is 4.98 Å². The standard InChI is InChI=1S/C13H15N3O/c1-3-17-11-6-4-5-10(7-11)12-8-15-9-13(14-2)16-12/h4-9H,3H2,1-2H3,(H,14,16). The SMILES string of the molecule is CCOc1cccc(-c2cncc(NC)n2)c1. The first-order chi connectivity index (χ1) is 8.33. The van der Waals surface area contributed by atoms with Crippen LogP contribution in [0.2, 0.25) is 0 Å². The Balaban J connectivity index is 2.34. The maximum absolute atomic E-state index is 5.46. The third-order valence-electron chi connectivity index (χ3n) is 2.33. The molecule has 0 aliphatic rings. The monoisotopic (exact) mass is 229 g/mol. The predicted molar refractivity (Wildman–Crippen MR) is 68.2 cm³/mol. The van der Waals surface area contributed by atoms with Crippen molar-refractivity contribution in [3.05, 3.63) is 36.7 Å². The van der Waals surface area contributed by atoms with Crippen LogP contribution in [0.5, 0.6) is 5.75 Å². The van der Waals surface area contributed by atoms with Gasteiger partial charge in [-0.05, 0) is 19.1 Å². The molecule has 0 bridgehead atoms. The van der Waals surface area contributed by atoms with Gasteiger partial charge >= 0.3 is 0 Å². The molecule has 0 saturated carbocycles. The van der Waals surface area contributed by atoms with Crippen LogP contribution in [-0.2, 0) is 0 Å². The summed E-state index contributed by atoms with van der Waals surface area (Å²) in [7, 11) is 1.82. The van der Waals surface area contributed by atoms with E-state index in [1.54, 1.807) is 12.4 Å². The molecule has 0 aliphatic heterocycles. The van der Waals surface area contributed by atoms with E-state index >= 15 is 0 Å². The van der Waals surface area contributed by atoms with Crippen LogP contribution in [0, 0.1) is 0 Å². The van der Waals surface area contributed by atoms with E-state index in [1.807, 2.05) is 38.2 Å². The summed E-state index contributed by atoms with van der Waals surface area (Å²) in [5.74, 6) is 1.60. The van der Waals surface area contributed by atoms with Crippen molar-refractivity contribution in [2.45, 2.75) is 6.92 Å². The van der Waals surface area contributed by atoms with Crippen LogP contribution in [0.25, 0.3) is 11.3 Å². The number of rotatable bonds is 4. The van der Waals surface area contributed by atoms with Crippen molar-refractivity contribution < 1.29 is 4.74 Å². The molecule has 0 spiro atoms. The number of hydrogen-bond acceptors (Lipinski definition) is 4. The Labute approximate surface area is 101 Å². The zero-order valence-electron chi connectivity index (χ0n) is 9.97. The zero-order valence-corrected chi connectivity index (χ0v) is 9.97. The fourth-order valence-electron chi connectivity index (χ4n) is 1.54. The van der Waals surface area contributed by atoms with E-state index in [2.05, 4.69) is 15.3 Å². The van der Waals surface area contributed by atoms with Gasteiger partial charge in [0.2, 0.25) is 0 Å². The molecule has 0 fully saturated rings. The smallest absolute Gasteiger partial charge is 0.144 e.